The first-order valence-electron chi connectivity index (χ1n) is 6.19. The third kappa shape index (κ3) is 3.58. The van der Waals surface area contributed by atoms with Crippen LogP contribution in [0.3, 0.4) is 0 Å². The average molecular weight is 255 g/mol. The third-order valence-electron chi connectivity index (χ3n) is 2.93. The normalized spacial score (nSPS) is 10.2. The number of amides is 1. The van der Waals surface area contributed by atoms with Crippen LogP contribution in [0.4, 0.5) is 5.69 Å². The molecule has 0 heterocycles. The second-order valence-electron chi connectivity index (χ2n) is 4.71. The quantitative estimate of drug-likeness (QED) is 0.885. The van der Waals surface area contributed by atoms with E-state index in [0.717, 1.165) is 16.8 Å². The molecule has 2 rings (SSSR count). The van der Waals surface area contributed by atoms with Crippen molar-refractivity contribution in [1.82, 2.24) is 0 Å². The Bertz CT molecular complexity index is 605. The zero-order valence-corrected chi connectivity index (χ0v) is 11.1. The van der Waals surface area contributed by atoms with E-state index in [1.807, 2.05) is 38.1 Å². The first-order chi connectivity index (χ1) is 9.04. The van der Waals surface area contributed by atoms with Gasteiger partial charge in [0.15, 0.2) is 0 Å². The molecule has 0 aromatic heterocycles. The molecule has 0 bridgehead atoms. The number of rotatable bonds is 3. The highest BCUT2D eigenvalue weighted by molar-refractivity contribution is 5.93. The molecule has 0 fully saturated rings. The summed E-state index contributed by atoms with van der Waals surface area (Å²) in [5.74, 6) is 0.0920. The van der Waals surface area contributed by atoms with E-state index in [4.69, 9.17) is 0 Å². The highest BCUT2D eigenvalue weighted by atomic mass is 16.3. The summed E-state index contributed by atoms with van der Waals surface area (Å²) in [5, 5.41) is 12.2. The molecular weight excluding hydrogens is 238 g/mol. The number of benzene rings is 2. The van der Waals surface area contributed by atoms with Crippen LogP contribution in [0.25, 0.3) is 0 Å². The van der Waals surface area contributed by atoms with Crippen molar-refractivity contribution in [2.45, 2.75) is 20.3 Å². The van der Waals surface area contributed by atoms with Crippen LogP contribution in [0.1, 0.15) is 16.7 Å². The number of carbonyl (C=O) groups excluding carboxylic acids is 1. The Hall–Kier alpha value is -2.29. The number of carbonyl (C=O) groups is 1. The summed E-state index contributed by atoms with van der Waals surface area (Å²) < 4.78 is 0. The SMILES string of the molecule is Cc1ccc(NC(=O)Cc2cccc(O)c2)c(C)c1. The molecule has 0 saturated carbocycles. The zero-order chi connectivity index (χ0) is 13.8. The van der Waals surface area contributed by atoms with Crippen molar-refractivity contribution < 1.29 is 9.90 Å². The van der Waals surface area contributed by atoms with Gasteiger partial charge in [-0.05, 0) is 43.2 Å². The first kappa shape index (κ1) is 13.1. The Kier molecular flexibility index (Phi) is 3.85. The Labute approximate surface area is 112 Å². The van der Waals surface area contributed by atoms with Crippen LogP contribution in [0.15, 0.2) is 42.5 Å². The maximum Gasteiger partial charge on any atom is 0.228 e. The molecule has 19 heavy (non-hydrogen) atoms. The Morgan fingerprint density at radius 1 is 1.16 bits per heavy atom. The third-order valence-corrected chi connectivity index (χ3v) is 2.93. The number of nitrogens with one attached hydrogen (secondary N) is 1. The molecule has 0 aliphatic heterocycles. The molecule has 2 aromatic rings. The lowest BCUT2D eigenvalue weighted by Gasteiger charge is -2.09. The number of phenolic OH excluding ortho intramolecular Hbond substituents is 1. The van der Waals surface area contributed by atoms with Crippen molar-refractivity contribution in [3.63, 3.8) is 0 Å². The molecule has 0 radical (unpaired) electrons. The van der Waals surface area contributed by atoms with Crippen LogP contribution >= 0.6 is 0 Å². The van der Waals surface area contributed by atoms with Crippen molar-refractivity contribution in [2.75, 3.05) is 5.32 Å². The lowest BCUT2D eigenvalue weighted by atomic mass is 10.1. The van der Waals surface area contributed by atoms with Crippen molar-refractivity contribution >= 4 is 11.6 Å². The standard InChI is InChI=1S/C16H17NO2/c1-11-6-7-15(12(2)8-11)17-16(19)10-13-4-3-5-14(18)9-13/h3-9,18H,10H2,1-2H3,(H,17,19). The molecule has 0 aliphatic carbocycles. The average Bonchev–Trinajstić information content (AvgIpc) is 2.33. The Morgan fingerprint density at radius 2 is 1.95 bits per heavy atom. The van der Waals surface area contributed by atoms with E-state index in [1.54, 1.807) is 18.2 Å². The molecule has 2 aromatic carbocycles. The van der Waals surface area contributed by atoms with Gasteiger partial charge < -0.3 is 10.4 Å². The molecule has 0 aliphatic rings. The maximum absolute atomic E-state index is 11.9. The van der Waals surface area contributed by atoms with Crippen molar-refractivity contribution in [3.05, 3.63) is 59.2 Å². The minimum absolute atomic E-state index is 0.0856. The minimum Gasteiger partial charge on any atom is -0.508 e. The van der Waals surface area contributed by atoms with Gasteiger partial charge in [0, 0.05) is 5.69 Å². The fourth-order valence-corrected chi connectivity index (χ4v) is 2.00. The predicted molar refractivity (Wildman–Crippen MR) is 76.4 cm³/mol. The molecule has 3 nitrogen and oxygen atoms in total. The summed E-state index contributed by atoms with van der Waals surface area (Å²) in [6, 6.07) is 12.6. The second kappa shape index (κ2) is 5.57. The fourth-order valence-electron chi connectivity index (χ4n) is 2.00. The summed E-state index contributed by atoms with van der Waals surface area (Å²) >= 11 is 0. The molecule has 0 saturated heterocycles. The monoisotopic (exact) mass is 255 g/mol. The topological polar surface area (TPSA) is 49.3 Å². The summed E-state index contributed by atoms with van der Waals surface area (Å²) in [4.78, 5) is 11.9. The molecule has 0 spiro atoms. The summed E-state index contributed by atoms with van der Waals surface area (Å²) in [6.07, 6.45) is 0.252. The molecule has 98 valence electrons. The van der Waals surface area contributed by atoms with Crippen molar-refractivity contribution in [2.24, 2.45) is 0 Å². The van der Waals surface area contributed by atoms with Gasteiger partial charge in [0.25, 0.3) is 0 Å². The van der Waals surface area contributed by atoms with Crippen LogP contribution in [-0.4, -0.2) is 11.0 Å². The van der Waals surface area contributed by atoms with Crippen molar-refractivity contribution in [3.8, 4) is 5.75 Å². The van der Waals surface area contributed by atoms with E-state index in [9.17, 15) is 9.90 Å². The Morgan fingerprint density at radius 3 is 2.63 bits per heavy atom. The minimum atomic E-state index is -0.0856. The number of anilines is 1. The van der Waals surface area contributed by atoms with Gasteiger partial charge in [-0.3, -0.25) is 4.79 Å². The van der Waals surface area contributed by atoms with Crippen LogP contribution < -0.4 is 5.32 Å². The molecule has 0 unspecified atom stereocenters. The number of aryl methyl sites for hydroxylation is 2. The van der Waals surface area contributed by atoms with E-state index < -0.39 is 0 Å². The van der Waals surface area contributed by atoms with Gasteiger partial charge in [0.2, 0.25) is 5.91 Å². The van der Waals surface area contributed by atoms with E-state index in [0.29, 0.717) is 0 Å². The highest BCUT2D eigenvalue weighted by Crippen LogP contribution is 2.17. The van der Waals surface area contributed by atoms with Gasteiger partial charge in [-0.2, -0.15) is 0 Å². The van der Waals surface area contributed by atoms with Crippen LogP contribution in [0.2, 0.25) is 0 Å². The molecule has 2 N–H and O–H groups in total. The number of hydrogen-bond acceptors (Lipinski definition) is 2. The molecular formula is C16H17NO2. The fraction of sp³-hybridized carbons (Fsp3) is 0.188. The van der Waals surface area contributed by atoms with Crippen LogP contribution in [-0.2, 0) is 11.2 Å². The van der Waals surface area contributed by atoms with Crippen LogP contribution in [0, 0.1) is 13.8 Å². The zero-order valence-electron chi connectivity index (χ0n) is 11.1. The number of aromatic hydroxyl groups is 1. The smallest absolute Gasteiger partial charge is 0.228 e. The van der Waals surface area contributed by atoms with E-state index in [1.165, 1.54) is 5.56 Å². The summed E-state index contributed by atoms with van der Waals surface area (Å²) in [7, 11) is 0. The summed E-state index contributed by atoms with van der Waals surface area (Å²) in [6.45, 7) is 3.99. The van der Waals surface area contributed by atoms with Gasteiger partial charge >= 0.3 is 0 Å². The van der Waals surface area contributed by atoms with Gasteiger partial charge in [0.1, 0.15) is 5.75 Å². The van der Waals surface area contributed by atoms with E-state index in [2.05, 4.69) is 5.32 Å². The number of hydrogen-bond donors (Lipinski definition) is 2. The maximum atomic E-state index is 11.9. The second-order valence-corrected chi connectivity index (χ2v) is 4.71. The molecule has 3 heteroatoms. The van der Waals surface area contributed by atoms with Gasteiger partial charge in [-0.1, -0.05) is 29.8 Å². The Balaban J connectivity index is 2.05. The van der Waals surface area contributed by atoms with Gasteiger partial charge in [0.05, 0.1) is 6.42 Å². The van der Waals surface area contributed by atoms with Gasteiger partial charge in [-0.25, -0.2) is 0 Å². The largest absolute Gasteiger partial charge is 0.508 e. The lowest BCUT2D eigenvalue weighted by Crippen LogP contribution is -2.15. The van der Waals surface area contributed by atoms with E-state index in [-0.39, 0.29) is 18.1 Å². The first-order valence-corrected chi connectivity index (χ1v) is 6.19. The molecule has 1 amide bonds. The van der Waals surface area contributed by atoms with Gasteiger partial charge in [-0.15, -0.1) is 0 Å². The lowest BCUT2D eigenvalue weighted by molar-refractivity contribution is -0.115. The number of phenols is 1. The molecule has 0 atom stereocenters. The summed E-state index contributed by atoms with van der Waals surface area (Å²) in [5.41, 5.74) is 3.84. The predicted octanol–water partition coefficient (Wildman–Crippen LogP) is 3.19. The van der Waals surface area contributed by atoms with E-state index >= 15 is 0 Å². The van der Waals surface area contributed by atoms with Crippen LogP contribution in [0.5, 0.6) is 5.75 Å². The van der Waals surface area contributed by atoms with Crippen molar-refractivity contribution in [1.29, 1.82) is 0 Å². The highest BCUT2D eigenvalue weighted by Gasteiger charge is 2.06.